The van der Waals surface area contributed by atoms with Crippen LogP contribution in [0.2, 0.25) is 0 Å². The number of carbonyl (C=O) groups is 4. The largest absolute Gasteiger partial charge is 0.489 e. The summed E-state index contributed by atoms with van der Waals surface area (Å²) in [5, 5.41) is 9.10. The van der Waals surface area contributed by atoms with Crippen LogP contribution in [0, 0.1) is 11.6 Å². The number of esters is 1. The molecule has 4 aromatic rings. The Labute approximate surface area is 306 Å². The van der Waals surface area contributed by atoms with Crippen LogP contribution in [-0.2, 0) is 40.4 Å². The van der Waals surface area contributed by atoms with E-state index in [1.54, 1.807) is 80.3 Å². The minimum atomic E-state index is -1.03. The Balaban J connectivity index is 0.000000206. The topological polar surface area (TPSA) is 123 Å². The molecule has 1 unspecified atom stereocenters. The van der Waals surface area contributed by atoms with Crippen molar-refractivity contribution >= 4 is 23.8 Å². The van der Waals surface area contributed by atoms with E-state index >= 15 is 0 Å². The summed E-state index contributed by atoms with van der Waals surface area (Å²) < 4.78 is 42.5. The summed E-state index contributed by atoms with van der Waals surface area (Å²) in [5.74, 6) is -1.21. The summed E-state index contributed by atoms with van der Waals surface area (Å²) in [4.78, 5) is 51.7. The normalized spacial score (nSPS) is 14.3. The molecule has 0 spiro atoms. The van der Waals surface area contributed by atoms with E-state index in [4.69, 9.17) is 19.3 Å². The fourth-order valence-electron chi connectivity index (χ4n) is 6.08. The number of carbonyl (C=O) groups excluding carboxylic acids is 3. The number of amides is 2. The van der Waals surface area contributed by atoms with Crippen molar-refractivity contribution < 1.29 is 47.3 Å². The molecule has 12 heteroatoms. The first-order valence-electron chi connectivity index (χ1n) is 17.3. The molecule has 0 bridgehead atoms. The Morgan fingerprint density at radius 3 is 1.70 bits per heavy atom. The molecule has 0 aliphatic carbocycles. The molecule has 278 valence electrons. The van der Waals surface area contributed by atoms with E-state index in [-0.39, 0.29) is 30.1 Å². The van der Waals surface area contributed by atoms with E-state index in [9.17, 15) is 28.0 Å². The monoisotopic (exact) mass is 728 g/mol. The van der Waals surface area contributed by atoms with Gasteiger partial charge >= 0.3 is 11.9 Å². The molecule has 0 fully saturated rings. The van der Waals surface area contributed by atoms with Crippen molar-refractivity contribution in [1.29, 1.82) is 0 Å². The van der Waals surface area contributed by atoms with Gasteiger partial charge in [0, 0.05) is 24.2 Å². The number of ether oxygens (including phenoxy) is 3. The number of hydrogen-bond donors (Lipinski definition) is 1. The number of carboxylic acids is 1. The molecule has 2 aliphatic rings. The summed E-state index contributed by atoms with van der Waals surface area (Å²) in [6.45, 7) is 8.34. The minimum Gasteiger partial charge on any atom is -0.489 e. The van der Waals surface area contributed by atoms with Crippen LogP contribution in [0.15, 0.2) is 84.9 Å². The van der Waals surface area contributed by atoms with Gasteiger partial charge in [0.2, 0.25) is 0 Å². The van der Waals surface area contributed by atoms with E-state index in [1.165, 1.54) is 36.1 Å². The third-order valence-corrected chi connectivity index (χ3v) is 9.26. The SMILES string of the molecule is CC(C(=O)O)N1CCc2cc(OCc3ccc(F)cc3)ccc2C1=O.CCOC(=O)C(C)(C)N1CCc2cc(OCc3ccc(F)cc3)ccc2C1=O. The molecule has 1 atom stereocenters. The first kappa shape index (κ1) is 38.5. The summed E-state index contributed by atoms with van der Waals surface area (Å²) in [7, 11) is 0. The predicted octanol–water partition coefficient (Wildman–Crippen LogP) is 6.62. The molecule has 53 heavy (non-hydrogen) atoms. The van der Waals surface area contributed by atoms with Crippen LogP contribution in [0.1, 0.15) is 70.7 Å². The highest BCUT2D eigenvalue weighted by Crippen LogP contribution is 2.30. The first-order chi connectivity index (χ1) is 25.3. The Morgan fingerprint density at radius 1 is 0.755 bits per heavy atom. The zero-order valence-electron chi connectivity index (χ0n) is 30.1. The van der Waals surface area contributed by atoms with Gasteiger partial charge in [0.1, 0.15) is 47.9 Å². The fraction of sp³-hybridized carbons (Fsp3) is 0.317. The van der Waals surface area contributed by atoms with E-state index in [0.29, 0.717) is 61.8 Å². The second-order valence-electron chi connectivity index (χ2n) is 13.2. The highest BCUT2D eigenvalue weighted by molar-refractivity contribution is 6.00. The van der Waals surface area contributed by atoms with Crippen LogP contribution in [0.25, 0.3) is 0 Å². The molecule has 2 aliphatic heterocycles. The van der Waals surface area contributed by atoms with Crippen molar-refractivity contribution in [2.24, 2.45) is 0 Å². The van der Waals surface area contributed by atoms with Crippen LogP contribution >= 0.6 is 0 Å². The number of fused-ring (bicyclic) bond motifs is 2. The van der Waals surface area contributed by atoms with Crippen LogP contribution in [0.5, 0.6) is 11.5 Å². The maximum Gasteiger partial charge on any atom is 0.331 e. The summed E-state index contributed by atoms with van der Waals surface area (Å²) >= 11 is 0. The second-order valence-corrected chi connectivity index (χ2v) is 13.2. The highest BCUT2D eigenvalue weighted by Gasteiger charge is 2.41. The van der Waals surface area contributed by atoms with Crippen LogP contribution < -0.4 is 9.47 Å². The molecule has 0 radical (unpaired) electrons. The zero-order valence-corrected chi connectivity index (χ0v) is 30.1. The van der Waals surface area contributed by atoms with E-state index in [0.717, 1.165) is 22.3 Å². The lowest BCUT2D eigenvalue weighted by Gasteiger charge is -2.39. The third kappa shape index (κ3) is 9.18. The van der Waals surface area contributed by atoms with Gasteiger partial charge in [0.15, 0.2) is 0 Å². The van der Waals surface area contributed by atoms with E-state index in [1.807, 2.05) is 6.07 Å². The minimum absolute atomic E-state index is 0.190. The quantitative estimate of drug-likeness (QED) is 0.171. The van der Waals surface area contributed by atoms with E-state index < -0.39 is 23.5 Å². The van der Waals surface area contributed by atoms with Crippen molar-refractivity contribution in [2.75, 3.05) is 19.7 Å². The molecule has 10 nitrogen and oxygen atoms in total. The number of rotatable bonds is 11. The van der Waals surface area contributed by atoms with Gasteiger partial charge in [-0.05, 0) is 123 Å². The third-order valence-electron chi connectivity index (χ3n) is 9.26. The maximum absolute atomic E-state index is 13.0. The van der Waals surface area contributed by atoms with Crippen molar-refractivity contribution in [3.05, 3.63) is 130 Å². The molecule has 1 N–H and O–H groups in total. The molecular weight excluding hydrogens is 686 g/mol. The summed E-state index contributed by atoms with van der Waals surface area (Å²) in [5.41, 5.74) is 3.48. The second kappa shape index (κ2) is 16.7. The highest BCUT2D eigenvalue weighted by atomic mass is 19.1. The lowest BCUT2D eigenvalue weighted by atomic mass is 9.93. The lowest BCUT2D eigenvalue weighted by Crippen LogP contribution is -2.56. The summed E-state index contributed by atoms with van der Waals surface area (Å²) in [6.07, 6.45) is 1.20. The van der Waals surface area contributed by atoms with Crippen LogP contribution in [0.3, 0.4) is 0 Å². The van der Waals surface area contributed by atoms with Gasteiger partial charge in [0.25, 0.3) is 11.8 Å². The van der Waals surface area contributed by atoms with Crippen molar-refractivity contribution in [1.82, 2.24) is 9.80 Å². The molecule has 2 heterocycles. The zero-order chi connectivity index (χ0) is 38.3. The number of benzene rings is 4. The lowest BCUT2D eigenvalue weighted by molar-refractivity contribution is -0.154. The van der Waals surface area contributed by atoms with E-state index in [2.05, 4.69) is 0 Å². The van der Waals surface area contributed by atoms with Crippen LogP contribution in [-0.4, -0.2) is 69.9 Å². The Morgan fingerprint density at radius 2 is 1.23 bits per heavy atom. The van der Waals surface area contributed by atoms with Gasteiger partial charge in [-0.1, -0.05) is 24.3 Å². The number of carboxylic acid groups (broad SMARTS) is 1. The molecule has 6 rings (SSSR count). The first-order valence-corrected chi connectivity index (χ1v) is 17.3. The van der Waals surface area contributed by atoms with Gasteiger partial charge in [0.05, 0.1) is 6.61 Å². The molecule has 0 aromatic heterocycles. The van der Waals surface area contributed by atoms with Gasteiger partial charge in [-0.2, -0.15) is 0 Å². The van der Waals surface area contributed by atoms with Crippen molar-refractivity contribution in [3.8, 4) is 11.5 Å². The smallest absolute Gasteiger partial charge is 0.331 e. The number of hydrogen-bond acceptors (Lipinski definition) is 7. The fourth-order valence-corrected chi connectivity index (χ4v) is 6.08. The average molecular weight is 729 g/mol. The van der Waals surface area contributed by atoms with Crippen molar-refractivity contribution in [2.45, 2.75) is 65.3 Å². The average Bonchev–Trinajstić information content (AvgIpc) is 3.14. The Bertz CT molecular complexity index is 1960. The summed E-state index contributed by atoms with van der Waals surface area (Å²) in [6, 6.07) is 21.8. The van der Waals surface area contributed by atoms with Gasteiger partial charge in [-0.3, -0.25) is 9.59 Å². The predicted molar refractivity (Wildman–Crippen MR) is 192 cm³/mol. The molecule has 4 aromatic carbocycles. The molecule has 0 saturated carbocycles. The number of aliphatic carboxylic acids is 1. The van der Waals surface area contributed by atoms with Gasteiger partial charge < -0.3 is 29.1 Å². The van der Waals surface area contributed by atoms with Gasteiger partial charge in [-0.25, -0.2) is 18.4 Å². The molecule has 2 amide bonds. The Kier molecular flexibility index (Phi) is 12.1. The molecular formula is C41H42F2N2O8. The Hall–Kier alpha value is -5.78. The van der Waals surface area contributed by atoms with Crippen molar-refractivity contribution in [3.63, 3.8) is 0 Å². The number of halogens is 2. The maximum atomic E-state index is 13.0. The number of nitrogens with zero attached hydrogens (tertiary/aromatic N) is 2. The molecule has 0 saturated heterocycles. The van der Waals surface area contributed by atoms with Crippen LogP contribution in [0.4, 0.5) is 8.78 Å². The van der Waals surface area contributed by atoms with Gasteiger partial charge in [-0.15, -0.1) is 0 Å². The standard InChI is InChI=1S/C22H24FNO4.C19H18FNO4/c1-4-27-21(26)22(2,3)24-12-11-16-13-18(9-10-19(16)20(24)25)28-14-15-5-7-17(23)8-6-15;1-12(19(23)24)21-9-8-14-10-16(6-7-17(14)18(21)22)25-11-13-2-4-15(20)5-3-13/h5-10,13H,4,11-12,14H2,1-3H3;2-7,10,12H,8-9,11H2,1H3,(H,23,24).